The molecule has 1 rings (SSSR count). The Bertz CT molecular complexity index is 511. The SMILES string of the molecule is C=CCC(NC(=O)/C=C/c1ccccc1F)C(=O)O. The molecule has 0 aromatic heterocycles. The van der Waals surface area contributed by atoms with Gasteiger partial charge in [0.1, 0.15) is 11.9 Å². The molecule has 0 bridgehead atoms. The second-order valence-corrected chi connectivity index (χ2v) is 3.78. The molecule has 0 saturated heterocycles. The van der Waals surface area contributed by atoms with Crippen LogP contribution in [0.1, 0.15) is 12.0 Å². The molecule has 0 spiro atoms. The predicted molar refractivity (Wildman–Crippen MR) is 69.8 cm³/mol. The largest absolute Gasteiger partial charge is 0.480 e. The summed E-state index contributed by atoms with van der Waals surface area (Å²) in [6.07, 6.45) is 3.91. The Morgan fingerprint density at radius 3 is 2.68 bits per heavy atom. The summed E-state index contributed by atoms with van der Waals surface area (Å²) >= 11 is 0. The zero-order valence-corrected chi connectivity index (χ0v) is 10.2. The summed E-state index contributed by atoms with van der Waals surface area (Å²) in [6, 6.07) is 4.93. The van der Waals surface area contributed by atoms with Gasteiger partial charge in [0.2, 0.25) is 5.91 Å². The van der Waals surface area contributed by atoms with Gasteiger partial charge >= 0.3 is 5.97 Å². The summed E-state index contributed by atoms with van der Waals surface area (Å²) in [4.78, 5) is 22.3. The highest BCUT2D eigenvalue weighted by atomic mass is 19.1. The first-order chi connectivity index (χ1) is 9.04. The van der Waals surface area contributed by atoms with Gasteiger partial charge < -0.3 is 10.4 Å². The fourth-order valence-electron chi connectivity index (χ4n) is 1.38. The molecule has 0 radical (unpaired) electrons. The van der Waals surface area contributed by atoms with Crippen LogP contribution in [0.3, 0.4) is 0 Å². The quantitative estimate of drug-likeness (QED) is 0.609. The van der Waals surface area contributed by atoms with Crippen LogP contribution in [0.5, 0.6) is 0 Å². The lowest BCUT2D eigenvalue weighted by molar-refractivity contribution is -0.141. The van der Waals surface area contributed by atoms with Gasteiger partial charge in [-0.1, -0.05) is 24.3 Å². The van der Waals surface area contributed by atoms with Crippen molar-refractivity contribution in [2.75, 3.05) is 0 Å². The Labute approximate surface area is 110 Å². The van der Waals surface area contributed by atoms with E-state index in [0.29, 0.717) is 0 Å². The third-order valence-corrected chi connectivity index (χ3v) is 2.34. The fourth-order valence-corrected chi connectivity index (χ4v) is 1.38. The molecular weight excluding hydrogens is 249 g/mol. The van der Waals surface area contributed by atoms with Gasteiger partial charge in [-0.2, -0.15) is 0 Å². The molecule has 0 fully saturated rings. The Morgan fingerprint density at radius 1 is 1.42 bits per heavy atom. The molecule has 2 N–H and O–H groups in total. The fraction of sp³-hybridized carbons (Fsp3) is 0.143. The van der Waals surface area contributed by atoms with Crippen LogP contribution in [0.15, 0.2) is 43.0 Å². The van der Waals surface area contributed by atoms with E-state index >= 15 is 0 Å². The zero-order valence-electron chi connectivity index (χ0n) is 10.2. The third kappa shape index (κ3) is 4.75. The van der Waals surface area contributed by atoms with E-state index in [1.807, 2.05) is 0 Å². The Kier molecular flexibility index (Phi) is 5.47. The van der Waals surface area contributed by atoms with Gasteiger partial charge in [-0.15, -0.1) is 6.58 Å². The molecule has 1 aromatic rings. The average molecular weight is 263 g/mol. The number of carbonyl (C=O) groups is 2. The van der Waals surface area contributed by atoms with E-state index in [0.717, 1.165) is 6.08 Å². The molecule has 100 valence electrons. The van der Waals surface area contributed by atoms with Crippen molar-refractivity contribution >= 4 is 18.0 Å². The van der Waals surface area contributed by atoms with Gasteiger partial charge in [0.15, 0.2) is 0 Å². The second-order valence-electron chi connectivity index (χ2n) is 3.78. The van der Waals surface area contributed by atoms with Crippen molar-refractivity contribution in [2.24, 2.45) is 0 Å². The molecule has 0 saturated carbocycles. The van der Waals surface area contributed by atoms with Gasteiger partial charge in [0.25, 0.3) is 0 Å². The number of halogens is 1. The van der Waals surface area contributed by atoms with Crippen LogP contribution in [0.25, 0.3) is 6.08 Å². The normalized spacial score (nSPS) is 12.1. The number of carboxylic acids is 1. The molecule has 0 aliphatic carbocycles. The lowest BCUT2D eigenvalue weighted by atomic mass is 10.2. The highest BCUT2D eigenvalue weighted by Crippen LogP contribution is 2.07. The summed E-state index contributed by atoms with van der Waals surface area (Å²) in [5.41, 5.74) is 0.258. The number of amides is 1. The van der Waals surface area contributed by atoms with Crippen LogP contribution in [0.2, 0.25) is 0 Å². The first kappa shape index (κ1) is 14.6. The number of nitrogens with one attached hydrogen (secondary N) is 1. The molecule has 1 atom stereocenters. The monoisotopic (exact) mass is 263 g/mol. The third-order valence-electron chi connectivity index (χ3n) is 2.34. The number of carbonyl (C=O) groups excluding carboxylic acids is 1. The van der Waals surface area contributed by atoms with Crippen LogP contribution in [-0.2, 0) is 9.59 Å². The van der Waals surface area contributed by atoms with Crippen LogP contribution < -0.4 is 5.32 Å². The summed E-state index contributed by atoms with van der Waals surface area (Å²) in [5, 5.41) is 11.1. The lowest BCUT2D eigenvalue weighted by Crippen LogP contribution is -2.39. The van der Waals surface area contributed by atoms with Gasteiger partial charge in [0.05, 0.1) is 0 Å². The van der Waals surface area contributed by atoms with Crippen LogP contribution in [-0.4, -0.2) is 23.0 Å². The smallest absolute Gasteiger partial charge is 0.326 e. The van der Waals surface area contributed by atoms with Crippen molar-refractivity contribution in [1.29, 1.82) is 0 Å². The molecule has 5 heteroatoms. The minimum atomic E-state index is -1.15. The maximum absolute atomic E-state index is 13.3. The van der Waals surface area contributed by atoms with Crippen LogP contribution in [0.4, 0.5) is 4.39 Å². The number of hydrogen-bond acceptors (Lipinski definition) is 2. The van der Waals surface area contributed by atoms with Crippen molar-refractivity contribution < 1.29 is 19.1 Å². The average Bonchev–Trinajstić information content (AvgIpc) is 2.37. The molecule has 1 amide bonds. The van der Waals surface area contributed by atoms with E-state index in [-0.39, 0.29) is 12.0 Å². The first-order valence-electron chi connectivity index (χ1n) is 5.61. The van der Waals surface area contributed by atoms with E-state index in [2.05, 4.69) is 11.9 Å². The summed E-state index contributed by atoms with van der Waals surface area (Å²) < 4.78 is 13.3. The van der Waals surface area contributed by atoms with E-state index in [9.17, 15) is 14.0 Å². The van der Waals surface area contributed by atoms with E-state index < -0.39 is 23.7 Å². The molecule has 0 aliphatic rings. The van der Waals surface area contributed by atoms with Gasteiger partial charge in [-0.3, -0.25) is 4.79 Å². The van der Waals surface area contributed by atoms with Crippen molar-refractivity contribution in [3.8, 4) is 0 Å². The van der Waals surface area contributed by atoms with E-state index in [1.165, 1.54) is 30.4 Å². The number of benzene rings is 1. The Hall–Kier alpha value is -2.43. The summed E-state index contributed by atoms with van der Waals surface area (Å²) in [5.74, 6) is -2.20. The van der Waals surface area contributed by atoms with Crippen molar-refractivity contribution in [2.45, 2.75) is 12.5 Å². The van der Waals surface area contributed by atoms with Crippen molar-refractivity contribution in [3.05, 3.63) is 54.4 Å². The zero-order chi connectivity index (χ0) is 14.3. The molecule has 4 nitrogen and oxygen atoms in total. The van der Waals surface area contributed by atoms with Crippen LogP contribution in [0, 0.1) is 5.82 Å². The van der Waals surface area contributed by atoms with Gasteiger partial charge in [-0.05, 0) is 18.6 Å². The maximum Gasteiger partial charge on any atom is 0.326 e. The Morgan fingerprint density at radius 2 is 2.11 bits per heavy atom. The number of aliphatic carboxylic acids is 1. The maximum atomic E-state index is 13.3. The molecule has 0 aliphatic heterocycles. The van der Waals surface area contributed by atoms with Gasteiger partial charge in [0, 0.05) is 11.6 Å². The standard InChI is InChI=1S/C14H14FNO3/c1-2-5-12(14(18)19)16-13(17)9-8-10-6-3-4-7-11(10)15/h2-4,6-9,12H,1,5H2,(H,16,17)(H,18,19)/b9-8+. The second kappa shape index (κ2) is 7.10. The summed E-state index contributed by atoms with van der Waals surface area (Å²) in [7, 11) is 0. The highest BCUT2D eigenvalue weighted by molar-refractivity contribution is 5.94. The minimum Gasteiger partial charge on any atom is -0.480 e. The highest BCUT2D eigenvalue weighted by Gasteiger charge is 2.16. The number of carboxylic acid groups (broad SMARTS) is 1. The molecule has 0 heterocycles. The van der Waals surface area contributed by atoms with Gasteiger partial charge in [-0.25, -0.2) is 9.18 Å². The van der Waals surface area contributed by atoms with E-state index in [1.54, 1.807) is 6.07 Å². The Balaban J connectivity index is 2.67. The molecule has 1 unspecified atom stereocenters. The first-order valence-corrected chi connectivity index (χ1v) is 5.61. The molecular formula is C14H14FNO3. The van der Waals surface area contributed by atoms with Crippen molar-refractivity contribution in [3.63, 3.8) is 0 Å². The number of rotatable bonds is 6. The van der Waals surface area contributed by atoms with Crippen molar-refractivity contribution in [1.82, 2.24) is 5.32 Å². The minimum absolute atomic E-state index is 0.120. The lowest BCUT2D eigenvalue weighted by Gasteiger charge is -2.10. The topological polar surface area (TPSA) is 66.4 Å². The predicted octanol–water partition coefficient (Wildman–Crippen LogP) is 1.98. The molecule has 19 heavy (non-hydrogen) atoms. The molecule has 1 aromatic carbocycles. The van der Waals surface area contributed by atoms with Crippen LogP contribution >= 0.6 is 0 Å². The van der Waals surface area contributed by atoms with E-state index in [4.69, 9.17) is 5.11 Å². The number of hydrogen-bond donors (Lipinski definition) is 2. The summed E-state index contributed by atoms with van der Waals surface area (Å²) in [6.45, 7) is 3.41.